The number of hydrogen-bond donors (Lipinski definition) is 2. The van der Waals surface area contributed by atoms with Gasteiger partial charge in [0.05, 0.1) is 5.69 Å². The van der Waals surface area contributed by atoms with Gasteiger partial charge < -0.3 is 16.0 Å². The number of nitrogens with zero attached hydrogens (tertiary/aromatic N) is 2. The average Bonchev–Trinajstić information content (AvgIpc) is 2.86. The number of anilines is 1. The monoisotopic (exact) mass is 260 g/mol. The molecule has 2 fully saturated rings. The van der Waals surface area contributed by atoms with Gasteiger partial charge in [0.1, 0.15) is 0 Å². The van der Waals surface area contributed by atoms with E-state index in [1.165, 1.54) is 19.4 Å². The first-order valence-corrected chi connectivity index (χ1v) is 6.99. The second-order valence-electron chi connectivity index (χ2n) is 5.47. The summed E-state index contributed by atoms with van der Waals surface area (Å²) in [4.78, 5) is 18.8. The van der Waals surface area contributed by atoms with Crippen molar-refractivity contribution in [3.8, 4) is 0 Å². The number of nitrogens with two attached hydrogens (primary N) is 1. The van der Waals surface area contributed by atoms with E-state index in [2.05, 4.69) is 15.2 Å². The number of rotatable bonds is 2. The molecule has 19 heavy (non-hydrogen) atoms. The number of nitrogen functional groups attached to an aromatic ring is 1. The Labute approximate surface area is 113 Å². The van der Waals surface area contributed by atoms with Gasteiger partial charge >= 0.3 is 0 Å². The first kappa shape index (κ1) is 12.4. The lowest BCUT2D eigenvalue weighted by Crippen LogP contribution is -2.47. The highest BCUT2D eigenvalue weighted by molar-refractivity contribution is 5.97. The van der Waals surface area contributed by atoms with E-state index in [4.69, 9.17) is 5.73 Å². The van der Waals surface area contributed by atoms with E-state index in [9.17, 15) is 4.79 Å². The van der Waals surface area contributed by atoms with Crippen LogP contribution in [-0.4, -0.2) is 41.0 Å². The SMILES string of the molecule is Nc1cccnc1C(=O)NC1CCN2CCCC2C1. The van der Waals surface area contributed by atoms with E-state index < -0.39 is 0 Å². The quantitative estimate of drug-likeness (QED) is 0.833. The Bertz CT molecular complexity index is 476. The number of aromatic nitrogens is 1. The maximum absolute atomic E-state index is 12.2. The molecule has 0 radical (unpaired) electrons. The summed E-state index contributed by atoms with van der Waals surface area (Å²) in [5.74, 6) is -0.144. The zero-order valence-electron chi connectivity index (χ0n) is 11.0. The summed E-state index contributed by atoms with van der Waals surface area (Å²) < 4.78 is 0. The van der Waals surface area contributed by atoms with Gasteiger partial charge in [0.2, 0.25) is 0 Å². The highest BCUT2D eigenvalue weighted by atomic mass is 16.2. The maximum atomic E-state index is 12.2. The van der Waals surface area contributed by atoms with Gasteiger partial charge in [-0.3, -0.25) is 4.79 Å². The molecule has 3 N–H and O–H groups in total. The van der Waals surface area contributed by atoms with Gasteiger partial charge in [0.15, 0.2) is 5.69 Å². The van der Waals surface area contributed by atoms with Gasteiger partial charge in [-0.15, -0.1) is 0 Å². The molecule has 5 nitrogen and oxygen atoms in total. The third-order valence-electron chi connectivity index (χ3n) is 4.21. The zero-order chi connectivity index (χ0) is 13.2. The molecule has 3 heterocycles. The summed E-state index contributed by atoms with van der Waals surface area (Å²) in [5, 5.41) is 3.08. The summed E-state index contributed by atoms with van der Waals surface area (Å²) in [7, 11) is 0. The fourth-order valence-corrected chi connectivity index (χ4v) is 3.22. The van der Waals surface area contributed by atoms with Crippen LogP contribution in [0.15, 0.2) is 18.3 Å². The van der Waals surface area contributed by atoms with Gasteiger partial charge in [-0.2, -0.15) is 0 Å². The molecule has 0 bridgehead atoms. The molecular formula is C14H20N4O. The topological polar surface area (TPSA) is 71.2 Å². The van der Waals surface area contributed by atoms with Crippen LogP contribution in [0.2, 0.25) is 0 Å². The Morgan fingerprint density at radius 2 is 2.32 bits per heavy atom. The summed E-state index contributed by atoms with van der Waals surface area (Å²) in [6.45, 7) is 2.31. The van der Waals surface area contributed by atoms with Crippen molar-refractivity contribution in [2.24, 2.45) is 0 Å². The first-order valence-electron chi connectivity index (χ1n) is 6.99. The van der Waals surface area contributed by atoms with E-state index >= 15 is 0 Å². The fraction of sp³-hybridized carbons (Fsp3) is 0.571. The third kappa shape index (κ3) is 2.56. The van der Waals surface area contributed by atoms with Crippen LogP contribution >= 0.6 is 0 Å². The Morgan fingerprint density at radius 1 is 1.42 bits per heavy atom. The molecule has 1 aromatic heterocycles. The molecule has 2 unspecified atom stereocenters. The van der Waals surface area contributed by atoms with Crippen molar-refractivity contribution in [1.29, 1.82) is 0 Å². The van der Waals surface area contributed by atoms with E-state index in [1.54, 1.807) is 18.3 Å². The van der Waals surface area contributed by atoms with E-state index in [1.807, 2.05) is 0 Å². The minimum absolute atomic E-state index is 0.144. The second-order valence-corrected chi connectivity index (χ2v) is 5.47. The predicted octanol–water partition coefficient (Wildman–Crippen LogP) is 1.02. The Hall–Kier alpha value is -1.62. The minimum Gasteiger partial charge on any atom is -0.397 e. The lowest BCUT2D eigenvalue weighted by atomic mass is 9.97. The summed E-state index contributed by atoms with van der Waals surface area (Å²) in [6.07, 6.45) is 6.23. The van der Waals surface area contributed by atoms with Crippen LogP contribution in [0.25, 0.3) is 0 Å². The largest absolute Gasteiger partial charge is 0.397 e. The number of amides is 1. The van der Waals surface area contributed by atoms with Gasteiger partial charge in [-0.1, -0.05) is 0 Å². The summed E-state index contributed by atoms with van der Waals surface area (Å²) in [6, 6.07) is 4.36. The van der Waals surface area contributed by atoms with Crippen molar-refractivity contribution in [3.63, 3.8) is 0 Å². The summed E-state index contributed by atoms with van der Waals surface area (Å²) in [5.41, 5.74) is 6.57. The van der Waals surface area contributed by atoms with Crippen molar-refractivity contribution in [2.45, 2.75) is 37.8 Å². The standard InChI is InChI=1S/C14H20N4O/c15-12-4-1-6-16-13(12)14(19)17-10-5-8-18-7-2-3-11(18)9-10/h1,4,6,10-11H,2-3,5,7-9,15H2,(H,17,19). The Morgan fingerprint density at radius 3 is 3.16 bits per heavy atom. The van der Waals surface area contributed by atoms with Crippen molar-refractivity contribution >= 4 is 11.6 Å². The third-order valence-corrected chi connectivity index (χ3v) is 4.21. The van der Waals surface area contributed by atoms with Crippen molar-refractivity contribution in [3.05, 3.63) is 24.0 Å². The van der Waals surface area contributed by atoms with Gasteiger partial charge in [-0.25, -0.2) is 4.98 Å². The molecule has 1 aromatic rings. The minimum atomic E-state index is -0.144. The maximum Gasteiger partial charge on any atom is 0.272 e. The van der Waals surface area contributed by atoms with Crippen LogP contribution in [0.4, 0.5) is 5.69 Å². The van der Waals surface area contributed by atoms with Crippen LogP contribution in [0.3, 0.4) is 0 Å². The van der Waals surface area contributed by atoms with Crippen molar-refractivity contribution < 1.29 is 4.79 Å². The highest BCUT2D eigenvalue weighted by Crippen LogP contribution is 2.27. The molecule has 0 saturated carbocycles. The first-order chi connectivity index (χ1) is 9.24. The molecule has 1 amide bonds. The number of carbonyl (C=O) groups excluding carboxylic acids is 1. The average molecular weight is 260 g/mol. The predicted molar refractivity (Wildman–Crippen MR) is 73.7 cm³/mol. The molecular weight excluding hydrogens is 240 g/mol. The number of piperidine rings is 1. The molecule has 2 aliphatic heterocycles. The van der Waals surface area contributed by atoms with Crippen LogP contribution in [0.5, 0.6) is 0 Å². The molecule has 2 aliphatic rings. The molecule has 0 aromatic carbocycles. The highest BCUT2D eigenvalue weighted by Gasteiger charge is 2.32. The van der Waals surface area contributed by atoms with Crippen LogP contribution in [0.1, 0.15) is 36.2 Å². The second kappa shape index (κ2) is 5.17. The van der Waals surface area contributed by atoms with E-state index in [-0.39, 0.29) is 11.9 Å². The number of fused-ring (bicyclic) bond motifs is 1. The van der Waals surface area contributed by atoms with Crippen molar-refractivity contribution in [2.75, 3.05) is 18.8 Å². The summed E-state index contributed by atoms with van der Waals surface area (Å²) >= 11 is 0. The molecule has 102 valence electrons. The lowest BCUT2D eigenvalue weighted by Gasteiger charge is -2.35. The zero-order valence-corrected chi connectivity index (χ0v) is 11.0. The van der Waals surface area contributed by atoms with Crippen LogP contribution in [0, 0.1) is 0 Å². The Balaban J connectivity index is 1.62. The van der Waals surface area contributed by atoms with Crippen molar-refractivity contribution in [1.82, 2.24) is 15.2 Å². The number of pyridine rings is 1. The van der Waals surface area contributed by atoms with Gasteiger partial charge in [-0.05, 0) is 44.4 Å². The number of carbonyl (C=O) groups is 1. The lowest BCUT2D eigenvalue weighted by molar-refractivity contribution is 0.0892. The van der Waals surface area contributed by atoms with Crippen LogP contribution in [-0.2, 0) is 0 Å². The van der Waals surface area contributed by atoms with E-state index in [0.29, 0.717) is 17.4 Å². The normalized spacial score (nSPS) is 26.9. The number of nitrogens with one attached hydrogen (secondary N) is 1. The Kier molecular flexibility index (Phi) is 3.38. The smallest absolute Gasteiger partial charge is 0.272 e. The molecule has 5 heteroatoms. The molecule has 0 spiro atoms. The molecule has 2 atom stereocenters. The number of hydrogen-bond acceptors (Lipinski definition) is 4. The molecule has 0 aliphatic carbocycles. The molecule has 3 rings (SSSR count). The molecule has 2 saturated heterocycles. The fourth-order valence-electron chi connectivity index (χ4n) is 3.22. The van der Waals surface area contributed by atoms with E-state index in [0.717, 1.165) is 19.4 Å². The van der Waals surface area contributed by atoms with Gasteiger partial charge in [0.25, 0.3) is 5.91 Å². The van der Waals surface area contributed by atoms with Gasteiger partial charge in [0, 0.05) is 24.8 Å². The van der Waals surface area contributed by atoms with Crippen LogP contribution < -0.4 is 11.1 Å².